The molecule has 0 spiro atoms. The van der Waals surface area contributed by atoms with Gasteiger partial charge in [-0.2, -0.15) is 5.26 Å². The lowest BCUT2D eigenvalue weighted by molar-refractivity contribution is -0.112. The normalized spacial score (nSPS) is 10.9. The Hall–Kier alpha value is -3.27. The second kappa shape index (κ2) is 10.9. The number of ether oxygens (including phenoxy) is 2. The average Bonchev–Trinajstić information content (AvgIpc) is 2.80. The van der Waals surface area contributed by atoms with E-state index in [9.17, 15) is 10.1 Å². The van der Waals surface area contributed by atoms with E-state index in [0.717, 1.165) is 11.1 Å². The molecular formula is C25H20BrClN2O3. The van der Waals surface area contributed by atoms with Crippen LogP contribution in [0.3, 0.4) is 0 Å². The van der Waals surface area contributed by atoms with Crippen molar-refractivity contribution >= 4 is 45.2 Å². The van der Waals surface area contributed by atoms with Crippen LogP contribution in [0.15, 0.2) is 70.7 Å². The van der Waals surface area contributed by atoms with E-state index in [1.165, 1.54) is 13.2 Å². The van der Waals surface area contributed by atoms with Gasteiger partial charge in [0.2, 0.25) is 0 Å². The maximum absolute atomic E-state index is 12.7. The van der Waals surface area contributed by atoms with Crippen LogP contribution < -0.4 is 14.8 Å². The Balaban J connectivity index is 1.84. The van der Waals surface area contributed by atoms with Crippen LogP contribution in [0.5, 0.6) is 11.5 Å². The molecule has 0 fully saturated rings. The largest absolute Gasteiger partial charge is 0.493 e. The predicted molar refractivity (Wildman–Crippen MR) is 130 cm³/mol. The number of amides is 1. The highest BCUT2D eigenvalue weighted by atomic mass is 79.9. The second-order valence-electron chi connectivity index (χ2n) is 6.84. The quantitative estimate of drug-likeness (QED) is 0.289. The van der Waals surface area contributed by atoms with Gasteiger partial charge in [-0.15, -0.1) is 0 Å². The number of hydrogen-bond acceptors (Lipinski definition) is 4. The van der Waals surface area contributed by atoms with E-state index >= 15 is 0 Å². The zero-order chi connectivity index (χ0) is 23.1. The van der Waals surface area contributed by atoms with Gasteiger partial charge in [-0.1, -0.05) is 63.9 Å². The Morgan fingerprint density at radius 1 is 1.16 bits per heavy atom. The first kappa shape index (κ1) is 23.4. The molecule has 5 nitrogen and oxygen atoms in total. The molecule has 0 saturated carbocycles. The third-order valence-corrected chi connectivity index (χ3v) is 5.80. The van der Waals surface area contributed by atoms with E-state index in [-0.39, 0.29) is 5.57 Å². The van der Waals surface area contributed by atoms with Crippen LogP contribution in [0, 0.1) is 18.3 Å². The van der Waals surface area contributed by atoms with Crippen molar-refractivity contribution in [1.29, 1.82) is 5.26 Å². The van der Waals surface area contributed by atoms with E-state index in [1.807, 2.05) is 36.4 Å². The lowest BCUT2D eigenvalue weighted by Gasteiger charge is -2.13. The van der Waals surface area contributed by atoms with Gasteiger partial charge >= 0.3 is 0 Å². The number of halogens is 2. The van der Waals surface area contributed by atoms with Gasteiger partial charge in [-0.25, -0.2) is 0 Å². The fraction of sp³-hybridized carbons (Fsp3) is 0.120. The number of carbonyl (C=O) groups is 1. The molecule has 0 aliphatic carbocycles. The van der Waals surface area contributed by atoms with E-state index in [4.69, 9.17) is 21.1 Å². The van der Waals surface area contributed by atoms with Crippen molar-refractivity contribution in [2.45, 2.75) is 13.5 Å². The SMILES string of the molecule is COc1cc(/C=C(\C#N)C(=O)Nc2cccc(Cl)c2C)c(Br)cc1OCc1ccccc1. The summed E-state index contributed by atoms with van der Waals surface area (Å²) in [7, 11) is 1.53. The first-order chi connectivity index (χ1) is 15.4. The Labute approximate surface area is 200 Å². The van der Waals surface area contributed by atoms with Crippen molar-refractivity contribution in [3.8, 4) is 17.6 Å². The van der Waals surface area contributed by atoms with Gasteiger partial charge in [0.1, 0.15) is 18.2 Å². The summed E-state index contributed by atoms with van der Waals surface area (Å²) in [6, 6.07) is 20.4. The van der Waals surface area contributed by atoms with Crippen LogP contribution in [0.25, 0.3) is 6.08 Å². The van der Waals surface area contributed by atoms with E-state index < -0.39 is 5.91 Å². The van der Waals surface area contributed by atoms with Gasteiger partial charge in [-0.3, -0.25) is 4.79 Å². The van der Waals surface area contributed by atoms with E-state index in [1.54, 1.807) is 37.3 Å². The number of nitrogens with zero attached hydrogens (tertiary/aromatic N) is 1. The van der Waals surface area contributed by atoms with Crippen molar-refractivity contribution in [2.75, 3.05) is 12.4 Å². The smallest absolute Gasteiger partial charge is 0.266 e. The number of anilines is 1. The molecule has 32 heavy (non-hydrogen) atoms. The minimum Gasteiger partial charge on any atom is -0.493 e. The van der Waals surface area contributed by atoms with E-state index in [0.29, 0.717) is 38.9 Å². The molecule has 3 aromatic carbocycles. The molecule has 162 valence electrons. The number of carbonyl (C=O) groups excluding carboxylic acids is 1. The molecule has 3 rings (SSSR count). The highest BCUT2D eigenvalue weighted by Crippen LogP contribution is 2.35. The fourth-order valence-electron chi connectivity index (χ4n) is 2.91. The van der Waals surface area contributed by atoms with Crippen LogP contribution >= 0.6 is 27.5 Å². The summed E-state index contributed by atoms with van der Waals surface area (Å²) >= 11 is 9.60. The van der Waals surface area contributed by atoms with Gasteiger partial charge in [0.15, 0.2) is 11.5 Å². The average molecular weight is 512 g/mol. The number of rotatable bonds is 7. The topological polar surface area (TPSA) is 71.3 Å². The molecule has 0 atom stereocenters. The van der Waals surface area contributed by atoms with Crippen molar-refractivity contribution < 1.29 is 14.3 Å². The summed E-state index contributed by atoms with van der Waals surface area (Å²) < 4.78 is 12.0. The van der Waals surface area contributed by atoms with Gasteiger partial charge in [0.05, 0.1) is 7.11 Å². The fourth-order valence-corrected chi connectivity index (χ4v) is 3.52. The summed E-state index contributed by atoms with van der Waals surface area (Å²) in [5.74, 6) is 0.491. The van der Waals surface area contributed by atoms with Gasteiger partial charge in [0, 0.05) is 15.2 Å². The summed E-state index contributed by atoms with van der Waals surface area (Å²) in [6.45, 7) is 2.17. The monoisotopic (exact) mass is 510 g/mol. The maximum Gasteiger partial charge on any atom is 0.266 e. The lowest BCUT2D eigenvalue weighted by atomic mass is 10.1. The van der Waals surface area contributed by atoms with Crippen LogP contribution in [-0.4, -0.2) is 13.0 Å². The highest BCUT2D eigenvalue weighted by molar-refractivity contribution is 9.10. The Morgan fingerprint density at radius 2 is 1.91 bits per heavy atom. The zero-order valence-corrected chi connectivity index (χ0v) is 19.8. The number of nitriles is 1. The molecule has 0 heterocycles. The minimum atomic E-state index is -0.534. The van der Waals surface area contributed by atoms with Crippen LogP contribution in [0.2, 0.25) is 5.02 Å². The van der Waals surface area contributed by atoms with Crippen molar-refractivity contribution in [3.63, 3.8) is 0 Å². The second-order valence-corrected chi connectivity index (χ2v) is 8.10. The summed E-state index contributed by atoms with van der Waals surface area (Å²) in [6.07, 6.45) is 1.49. The minimum absolute atomic E-state index is 0.0647. The predicted octanol–water partition coefficient (Wildman–Crippen LogP) is 6.54. The Kier molecular flexibility index (Phi) is 7.93. The molecule has 0 saturated heterocycles. The van der Waals surface area contributed by atoms with Crippen molar-refractivity contribution in [3.05, 3.63) is 92.4 Å². The third kappa shape index (κ3) is 5.70. The van der Waals surface area contributed by atoms with Gasteiger partial charge in [0.25, 0.3) is 5.91 Å². The lowest BCUT2D eigenvalue weighted by Crippen LogP contribution is -2.14. The Bertz CT molecular complexity index is 1200. The number of benzene rings is 3. The summed E-state index contributed by atoms with van der Waals surface area (Å²) in [5.41, 5.74) is 2.83. The molecule has 0 aliphatic rings. The molecular weight excluding hydrogens is 492 g/mol. The van der Waals surface area contributed by atoms with Crippen molar-refractivity contribution in [2.24, 2.45) is 0 Å². The molecule has 3 aromatic rings. The van der Waals surface area contributed by atoms with E-state index in [2.05, 4.69) is 21.2 Å². The molecule has 0 aromatic heterocycles. The molecule has 1 N–H and O–H groups in total. The first-order valence-corrected chi connectivity index (χ1v) is 10.8. The highest BCUT2D eigenvalue weighted by Gasteiger charge is 2.15. The van der Waals surface area contributed by atoms with Gasteiger partial charge < -0.3 is 14.8 Å². The molecule has 0 unspecified atom stereocenters. The molecule has 0 aliphatic heterocycles. The van der Waals surface area contributed by atoms with Crippen molar-refractivity contribution in [1.82, 2.24) is 0 Å². The molecule has 7 heteroatoms. The summed E-state index contributed by atoms with van der Waals surface area (Å²) in [4.78, 5) is 12.7. The first-order valence-electron chi connectivity index (χ1n) is 9.65. The van der Waals surface area contributed by atoms with Gasteiger partial charge in [-0.05, 0) is 54.0 Å². The summed E-state index contributed by atoms with van der Waals surface area (Å²) in [5, 5.41) is 12.8. The number of methoxy groups -OCH3 is 1. The standard InChI is InChI=1S/C25H20BrClN2O3/c1-16-21(27)9-6-10-22(16)29-25(30)19(14-28)11-18-12-23(31-2)24(13-20(18)26)32-15-17-7-4-3-5-8-17/h3-13H,15H2,1-2H3,(H,29,30)/b19-11+. The number of hydrogen-bond donors (Lipinski definition) is 1. The zero-order valence-electron chi connectivity index (χ0n) is 17.5. The molecule has 0 bridgehead atoms. The number of nitrogens with one attached hydrogen (secondary N) is 1. The third-order valence-electron chi connectivity index (χ3n) is 4.70. The molecule has 0 radical (unpaired) electrons. The molecule has 1 amide bonds. The Morgan fingerprint density at radius 3 is 2.59 bits per heavy atom. The van der Waals surface area contributed by atoms with Crippen LogP contribution in [-0.2, 0) is 11.4 Å². The van der Waals surface area contributed by atoms with Crippen LogP contribution in [0.4, 0.5) is 5.69 Å². The van der Waals surface area contributed by atoms with Crippen LogP contribution in [0.1, 0.15) is 16.7 Å². The maximum atomic E-state index is 12.7.